The van der Waals surface area contributed by atoms with Crippen LogP contribution in [0.1, 0.15) is 17.3 Å². The smallest absolute Gasteiger partial charge is 0.255 e. The van der Waals surface area contributed by atoms with Crippen LogP contribution in [-0.2, 0) is 15.8 Å². The van der Waals surface area contributed by atoms with Gasteiger partial charge in [0.25, 0.3) is 5.91 Å². The maximum atomic E-state index is 12.8. The second kappa shape index (κ2) is 8.66. The molecule has 29 heavy (non-hydrogen) atoms. The zero-order valence-corrected chi connectivity index (χ0v) is 17.6. The van der Waals surface area contributed by atoms with Crippen LogP contribution in [0.25, 0.3) is 0 Å². The van der Waals surface area contributed by atoms with E-state index >= 15 is 0 Å². The summed E-state index contributed by atoms with van der Waals surface area (Å²) >= 11 is 1.48. The Bertz CT molecular complexity index is 976. The fourth-order valence-corrected chi connectivity index (χ4v) is 5.36. The predicted octanol–water partition coefficient (Wildman–Crippen LogP) is 2.30. The highest BCUT2D eigenvalue weighted by Gasteiger charge is 2.24. The molecule has 4 rings (SSSR count). The number of hydrogen-bond donors (Lipinski definition) is 3. The lowest BCUT2D eigenvalue weighted by molar-refractivity contribution is -0.115. The van der Waals surface area contributed by atoms with Crippen LogP contribution in [0, 0.1) is 0 Å². The van der Waals surface area contributed by atoms with Crippen molar-refractivity contribution in [1.29, 1.82) is 0 Å². The van der Waals surface area contributed by atoms with E-state index in [1.165, 1.54) is 11.8 Å². The van der Waals surface area contributed by atoms with Crippen LogP contribution in [0.15, 0.2) is 52.3 Å². The summed E-state index contributed by atoms with van der Waals surface area (Å²) in [6, 6.07) is 12.4. The number of hydrogen-bond acceptors (Lipinski definition) is 5. The zero-order valence-electron chi connectivity index (χ0n) is 15.9. The largest absolute Gasteiger partial charge is 0.324 e. The maximum Gasteiger partial charge on any atom is 0.255 e. The maximum absolute atomic E-state index is 12.8. The molecule has 1 saturated heterocycles. The third-order valence-electron chi connectivity index (χ3n) is 4.78. The van der Waals surface area contributed by atoms with E-state index in [-0.39, 0.29) is 17.1 Å². The van der Waals surface area contributed by atoms with Gasteiger partial charge in [-0.3, -0.25) is 9.59 Å². The van der Waals surface area contributed by atoms with Crippen LogP contribution in [0.4, 0.5) is 11.4 Å². The third kappa shape index (κ3) is 4.53. The van der Waals surface area contributed by atoms with Crippen LogP contribution in [0.3, 0.4) is 0 Å². The first-order chi connectivity index (χ1) is 14.0. The number of carbonyl (C=O) groups is 2. The van der Waals surface area contributed by atoms with E-state index in [4.69, 9.17) is 0 Å². The lowest BCUT2D eigenvalue weighted by Gasteiger charge is -2.26. The van der Waals surface area contributed by atoms with Crippen molar-refractivity contribution in [1.82, 2.24) is 9.62 Å². The van der Waals surface area contributed by atoms with E-state index in [1.54, 1.807) is 36.4 Å². The number of anilines is 2. The van der Waals surface area contributed by atoms with Crippen LogP contribution in [0.5, 0.6) is 0 Å². The van der Waals surface area contributed by atoms with Gasteiger partial charge in [0.1, 0.15) is 11.0 Å². The molecule has 0 aromatic heterocycles. The highest BCUT2D eigenvalue weighted by Crippen LogP contribution is 2.36. The highest BCUT2D eigenvalue weighted by atomic mass is 32.2. The van der Waals surface area contributed by atoms with Crippen LogP contribution >= 0.6 is 11.8 Å². The highest BCUT2D eigenvalue weighted by molar-refractivity contribution is 8.01. The summed E-state index contributed by atoms with van der Waals surface area (Å²) in [6.07, 6.45) is 0. The van der Waals surface area contributed by atoms with Crippen molar-refractivity contribution in [3.05, 3.63) is 48.0 Å². The molecule has 2 aliphatic heterocycles. The summed E-state index contributed by atoms with van der Waals surface area (Å²) in [4.78, 5) is 26.2. The first-order valence-corrected chi connectivity index (χ1v) is 11.4. The van der Waals surface area contributed by atoms with Gasteiger partial charge in [0.2, 0.25) is 5.91 Å². The summed E-state index contributed by atoms with van der Waals surface area (Å²) in [5, 5.41) is 8.79. The number of carbonyl (C=O) groups excluding carboxylic acids is 2. The predicted molar refractivity (Wildman–Crippen MR) is 116 cm³/mol. The van der Waals surface area contributed by atoms with E-state index < -0.39 is 11.0 Å². The number of thioether (sulfide) groups is 1. The molecular weight excluding hydrogens is 408 g/mol. The minimum absolute atomic E-state index is 0.0665. The van der Waals surface area contributed by atoms with Gasteiger partial charge in [0.15, 0.2) is 0 Å². The van der Waals surface area contributed by atoms with Crippen molar-refractivity contribution in [3.63, 3.8) is 0 Å². The first-order valence-electron chi connectivity index (χ1n) is 9.42. The second-order valence-electron chi connectivity index (χ2n) is 6.87. The summed E-state index contributed by atoms with van der Waals surface area (Å²) < 4.78 is 14.7. The van der Waals surface area contributed by atoms with Gasteiger partial charge < -0.3 is 16.0 Å². The van der Waals surface area contributed by atoms with Gasteiger partial charge in [-0.05, 0) is 43.3 Å². The molecule has 0 aliphatic carbocycles. The van der Waals surface area contributed by atoms with Crippen molar-refractivity contribution in [2.24, 2.45) is 0 Å². The molecule has 2 atom stereocenters. The number of nitrogens with one attached hydrogen (secondary N) is 3. The molecule has 3 N–H and O–H groups in total. The first kappa shape index (κ1) is 20.1. The molecule has 2 amide bonds. The van der Waals surface area contributed by atoms with Gasteiger partial charge in [-0.25, -0.2) is 8.51 Å². The Balaban J connectivity index is 1.48. The van der Waals surface area contributed by atoms with Crippen molar-refractivity contribution < 1.29 is 13.8 Å². The average molecular weight is 431 g/mol. The molecule has 0 radical (unpaired) electrons. The van der Waals surface area contributed by atoms with E-state index in [0.29, 0.717) is 21.8 Å². The molecule has 2 aromatic rings. The van der Waals surface area contributed by atoms with Gasteiger partial charge >= 0.3 is 0 Å². The number of nitrogens with zero attached hydrogens (tertiary/aromatic N) is 1. The van der Waals surface area contributed by atoms with Gasteiger partial charge in [0, 0.05) is 42.3 Å². The topological polar surface area (TPSA) is 90.5 Å². The monoisotopic (exact) mass is 430 g/mol. The molecule has 0 saturated carbocycles. The number of fused-ring (bicyclic) bond motifs is 1. The van der Waals surface area contributed by atoms with Crippen molar-refractivity contribution in [2.45, 2.75) is 22.0 Å². The van der Waals surface area contributed by atoms with E-state index in [0.717, 1.165) is 31.1 Å². The molecule has 1 fully saturated rings. The molecule has 0 bridgehead atoms. The Morgan fingerprint density at radius 1 is 1.21 bits per heavy atom. The minimum atomic E-state index is -1.26. The summed E-state index contributed by atoms with van der Waals surface area (Å²) in [7, 11) is -1.26. The number of benzene rings is 2. The molecule has 7 nitrogen and oxygen atoms in total. The SMILES string of the molecule is CC1Sc2ccc(C(=O)Nc3cccc(S(=O)N4CCNCC4)c3)cc2NC1=O. The minimum Gasteiger partial charge on any atom is -0.324 e. The van der Waals surface area contributed by atoms with Crippen molar-refractivity contribution >= 4 is 45.9 Å². The molecular formula is C20H22N4O3S2. The Morgan fingerprint density at radius 2 is 2.00 bits per heavy atom. The zero-order chi connectivity index (χ0) is 20.4. The molecule has 2 aromatic carbocycles. The van der Waals surface area contributed by atoms with Crippen molar-refractivity contribution in [2.75, 3.05) is 36.8 Å². The molecule has 0 spiro atoms. The lowest BCUT2D eigenvalue weighted by atomic mass is 10.1. The Kier molecular flexibility index (Phi) is 6.00. The standard InChI is InChI=1S/C20H22N4O3S2/c1-13-19(25)23-17-11-14(5-6-18(17)28-13)20(26)22-15-3-2-4-16(12-15)29(27)24-9-7-21-8-10-24/h2-6,11-13,21H,7-10H2,1H3,(H,22,26)(H,23,25). The average Bonchev–Trinajstić information content (AvgIpc) is 2.74. The Morgan fingerprint density at radius 3 is 2.79 bits per heavy atom. The molecule has 2 unspecified atom stereocenters. The quantitative estimate of drug-likeness (QED) is 0.693. The summed E-state index contributed by atoms with van der Waals surface area (Å²) in [6.45, 7) is 4.92. The van der Waals surface area contributed by atoms with E-state index in [9.17, 15) is 13.8 Å². The fraction of sp³-hybridized carbons (Fsp3) is 0.300. The normalized spacial score (nSPS) is 20.4. The lowest BCUT2D eigenvalue weighted by Crippen LogP contribution is -2.44. The molecule has 2 aliphatic rings. The second-order valence-corrected chi connectivity index (χ2v) is 9.74. The Hall–Kier alpha value is -2.20. The van der Waals surface area contributed by atoms with Crippen LogP contribution < -0.4 is 16.0 Å². The van der Waals surface area contributed by atoms with E-state index in [1.807, 2.05) is 17.3 Å². The van der Waals surface area contributed by atoms with Gasteiger partial charge in [-0.1, -0.05) is 6.07 Å². The fourth-order valence-electron chi connectivity index (χ4n) is 3.19. The number of amides is 2. The Labute approximate surface area is 176 Å². The van der Waals surface area contributed by atoms with Crippen LogP contribution in [0.2, 0.25) is 0 Å². The molecule has 9 heteroatoms. The third-order valence-corrected chi connectivity index (χ3v) is 7.45. The van der Waals surface area contributed by atoms with E-state index in [2.05, 4.69) is 16.0 Å². The van der Waals surface area contributed by atoms with Crippen LogP contribution in [-0.4, -0.2) is 51.8 Å². The molecule has 152 valence electrons. The summed E-state index contributed by atoms with van der Waals surface area (Å²) in [5.74, 6) is -0.348. The van der Waals surface area contributed by atoms with Crippen molar-refractivity contribution in [3.8, 4) is 0 Å². The molecule has 2 heterocycles. The van der Waals surface area contributed by atoms with Gasteiger partial charge in [-0.15, -0.1) is 11.8 Å². The number of rotatable bonds is 4. The number of piperazine rings is 1. The van der Waals surface area contributed by atoms with Gasteiger partial charge in [-0.2, -0.15) is 0 Å². The summed E-state index contributed by atoms with van der Waals surface area (Å²) in [5.41, 5.74) is 1.69. The van der Waals surface area contributed by atoms with Gasteiger partial charge in [0.05, 0.1) is 15.8 Å².